The van der Waals surface area contributed by atoms with Gasteiger partial charge in [-0.05, 0) is 53.7 Å². The zero-order valence-corrected chi connectivity index (χ0v) is 20.4. The highest BCUT2D eigenvalue weighted by Crippen LogP contribution is 2.40. The van der Waals surface area contributed by atoms with Crippen LogP contribution in [0.15, 0.2) is 29.2 Å². The predicted molar refractivity (Wildman–Crippen MR) is 127 cm³/mol. The quantitative estimate of drug-likeness (QED) is 0.571. The fourth-order valence-electron chi connectivity index (χ4n) is 3.50. The molecule has 1 aromatic carbocycles. The van der Waals surface area contributed by atoms with E-state index >= 15 is 0 Å². The molecule has 0 amide bonds. The normalized spacial score (nSPS) is 11.8. The molecule has 0 spiro atoms. The smallest absolute Gasteiger partial charge is 0.223 e. The van der Waals surface area contributed by atoms with Gasteiger partial charge < -0.3 is 14.8 Å². The Morgan fingerprint density at radius 1 is 0.867 bits per heavy atom. The molecule has 0 aliphatic rings. The monoisotopic (exact) mass is 415 g/mol. The van der Waals surface area contributed by atoms with Crippen molar-refractivity contribution in [2.75, 3.05) is 0 Å². The highest BCUT2D eigenvalue weighted by molar-refractivity contribution is 5.49. The minimum absolute atomic E-state index is 0.120. The number of phenolic OH excluding ortho intramolecular Hbond substituents is 1. The van der Waals surface area contributed by atoms with Crippen molar-refractivity contribution in [3.8, 4) is 11.5 Å². The van der Waals surface area contributed by atoms with Gasteiger partial charge in [-0.25, -0.2) is 0 Å². The lowest BCUT2D eigenvalue weighted by Gasteiger charge is -2.28. The molecule has 0 aliphatic heterocycles. The molecule has 0 atom stereocenters. The number of phenols is 1. The first-order chi connectivity index (χ1) is 13.8. The Bertz CT molecular complexity index is 861. The zero-order valence-electron chi connectivity index (χ0n) is 20.4. The Morgan fingerprint density at radius 2 is 1.37 bits per heavy atom. The van der Waals surface area contributed by atoms with Gasteiger partial charge in [0, 0.05) is 18.8 Å². The number of aromatic nitrogens is 1. The molecule has 168 valence electrons. The number of pyridine rings is 1. The third kappa shape index (κ3) is 6.38. The maximum absolute atomic E-state index is 11.5. The number of aromatic hydroxyl groups is 2. The number of hydrogen-bond donors (Lipinski definition) is 2. The van der Waals surface area contributed by atoms with E-state index in [9.17, 15) is 15.0 Å². The molecule has 0 bridgehead atoms. The van der Waals surface area contributed by atoms with E-state index in [-0.39, 0.29) is 22.0 Å². The van der Waals surface area contributed by atoms with Crippen molar-refractivity contribution < 1.29 is 10.2 Å². The van der Waals surface area contributed by atoms with Gasteiger partial charge >= 0.3 is 0 Å². The van der Waals surface area contributed by atoms with Crippen LogP contribution in [-0.4, -0.2) is 14.8 Å². The van der Waals surface area contributed by atoms with Crippen LogP contribution in [0.2, 0.25) is 0 Å². The third-order valence-electron chi connectivity index (χ3n) is 5.31. The summed E-state index contributed by atoms with van der Waals surface area (Å²) in [6.07, 6.45) is 4.61. The van der Waals surface area contributed by atoms with E-state index in [4.69, 9.17) is 0 Å². The average Bonchev–Trinajstić information content (AvgIpc) is 2.65. The van der Waals surface area contributed by atoms with E-state index in [1.165, 1.54) is 11.6 Å². The van der Waals surface area contributed by atoms with Crippen molar-refractivity contribution in [1.82, 2.24) is 4.57 Å². The standard InChI is InChI=1S/C24H35NO3.C2H6/c1-16-21(27)20(26)11-13-25(16)12-9-8-10-17-14-18(23(2,3)4)22(28)19(15-17)24(5,6)7;1-2/h11,13-15,27-28H,8-10,12H2,1-7H3;1-2H3. The Kier molecular flexibility index (Phi) is 8.76. The number of unbranched alkanes of at least 4 members (excludes halogenated alkanes) is 1. The summed E-state index contributed by atoms with van der Waals surface area (Å²) in [5, 5.41) is 20.6. The molecule has 2 rings (SSSR count). The lowest BCUT2D eigenvalue weighted by molar-refractivity contribution is 0.422. The van der Waals surface area contributed by atoms with Gasteiger partial charge in [0.1, 0.15) is 5.75 Å². The van der Waals surface area contributed by atoms with Crippen LogP contribution in [0, 0.1) is 6.92 Å². The molecular weight excluding hydrogens is 374 g/mol. The first kappa shape index (κ1) is 25.8. The second kappa shape index (κ2) is 10.2. The van der Waals surface area contributed by atoms with Crippen LogP contribution in [0.5, 0.6) is 11.5 Å². The van der Waals surface area contributed by atoms with Crippen LogP contribution < -0.4 is 5.43 Å². The Morgan fingerprint density at radius 3 is 1.83 bits per heavy atom. The van der Waals surface area contributed by atoms with Crippen LogP contribution in [0.1, 0.15) is 90.6 Å². The van der Waals surface area contributed by atoms with Crippen LogP contribution in [-0.2, 0) is 23.8 Å². The second-order valence-corrected chi connectivity index (χ2v) is 9.80. The fourth-order valence-corrected chi connectivity index (χ4v) is 3.50. The summed E-state index contributed by atoms with van der Waals surface area (Å²) in [6.45, 7) is 19.3. The number of hydrogen-bond acceptors (Lipinski definition) is 3. The zero-order chi connectivity index (χ0) is 23.3. The number of nitrogens with zero attached hydrogens (tertiary/aromatic N) is 1. The molecule has 0 fully saturated rings. The number of benzene rings is 1. The van der Waals surface area contributed by atoms with Crippen LogP contribution >= 0.6 is 0 Å². The molecule has 0 saturated carbocycles. The molecule has 1 heterocycles. The summed E-state index contributed by atoms with van der Waals surface area (Å²) < 4.78 is 1.93. The second-order valence-electron chi connectivity index (χ2n) is 9.80. The largest absolute Gasteiger partial charge is 0.507 e. The van der Waals surface area contributed by atoms with Crippen LogP contribution in [0.3, 0.4) is 0 Å². The highest BCUT2D eigenvalue weighted by Gasteiger charge is 2.26. The van der Waals surface area contributed by atoms with Gasteiger partial charge in [0.25, 0.3) is 0 Å². The number of rotatable bonds is 5. The van der Waals surface area contributed by atoms with E-state index < -0.39 is 0 Å². The molecule has 2 aromatic rings. The summed E-state index contributed by atoms with van der Waals surface area (Å²) in [5.74, 6) is 0.258. The molecule has 2 N–H and O–H groups in total. The van der Waals surface area contributed by atoms with E-state index in [1.54, 1.807) is 13.1 Å². The lowest BCUT2D eigenvalue weighted by Crippen LogP contribution is -2.18. The van der Waals surface area contributed by atoms with Crippen molar-refractivity contribution in [1.29, 1.82) is 0 Å². The van der Waals surface area contributed by atoms with E-state index in [1.807, 2.05) is 18.4 Å². The first-order valence-corrected chi connectivity index (χ1v) is 11.1. The highest BCUT2D eigenvalue weighted by atomic mass is 16.3. The molecule has 0 saturated heterocycles. The van der Waals surface area contributed by atoms with Gasteiger partial charge in [0.05, 0.1) is 5.69 Å². The van der Waals surface area contributed by atoms with Crippen molar-refractivity contribution in [3.63, 3.8) is 0 Å². The maximum Gasteiger partial charge on any atom is 0.223 e. The van der Waals surface area contributed by atoms with Gasteiger partial charge in [0.15, 0.2) is 5.75 Å². The topological polar surface area (TPSA) is 62.5 Å². The van der Waals surface area contributed by atoms with Crippen LogP contribution in [0.25, 0.3) is 0 Å². The minimum Gasteiger partial charge on any atom is -0.507 e. The van der Waals surface area contributed by atoms with E-state index in [0.29, 0.717) is 11.4 Å². The molecule has 1 aromatic heterocycles. The summed E-state index contributed by atoms with van der Waals surface area (Å²) in [6, 6.07) is 5.69. The molecule has 4 nitrogen and oxygen atoms in total. The summed E-state index contributed by atoms with van der Waals surface area (Å²) in [4.78, 5) is 11.5. The Hall–Kier alpha value is -2.23. The maximum atomic E-state index is 11.5. The molecular formula is C26H41NO3. The van der Waals surface area contributed by atoms with Gasteiger partial charge in [-0.15, -0.1) is 0 Å². The fraction of sp³-hybridized carbons (Fsp3) is 0.577. The van der Waals surface area contributed by atoms with Gasteiger partial charge in [-0.3, -0.25) is 4.79 Å². The third-order valence-corrected chi connectivity index (χ3v) is 5.31. The minimum atomic E-state index is -0.331. The number of aryl methyl sites for hydroxylation is 2. The van der Waals surface area contributed by atoms with Crippen molar-refractivity contribution in [3.05, 3.63) is 57.0 Å². The van der Waals surface area contributed by atoms with Crippen molar-refractivity contribution in [2.45, 2.75) is 99.0 Å². The van der Waals surface area contributed by atoms with E-state index in [2.05, 4.69) is 53.7 Å². The SMILES string of the molecule is CC.Cc1c(O)c(=O)ccn1CCCCc1cc(C(C)(C)C)c(O)c(C(C)(C)C)c1. The van der Waals surface area contributed by atoms with Crippen molar-refractivity contribution >= 4 is 0 Å². The summed E-state index contributed by atoms with van der Waals surface area (Å²) in [7, 11) is 0. The van der Waals surface area contributed by atoms with E-state index in [0.717, 1.165) is 36.9 Å². The molecule has 0 unspecified atom stereocenters. The van der Waals surface area contributed by atoms with Crippen LogP contribution in [0.4, 0.5) is 0 Å². The first-order valence-electron chi connectivity index (χ1n) is 11.1. The molecule has 4 heteroatoms. The lowest BCUT2D eigenvalue weighted by atomic mass is 9.78. The Balaban J connectivity index is 0.00000218. The summed E-state index contributed by atoms with van der Waals surface area (Å²) >= 11 is 0. The average molecular weight is 416 g/mol. The molecule has 30 heavy (non-hydrogen) atoms. The van der Waals surface area contributed by atoms with Crippen molar-refractivity contribution in [2.24, 2.45) is 0 Å². The summed E-state index contributed by atoms with van der Waals surface area (Å²) in [5.41, 5.74) is 3.28. The van der Waals surface area contributed by atoms with Gasteiger partial charge in [-0.1, -0.05) is 67.5 Å². The molecule has 0 aliphatic carbocycles. The molecule has 0 radical (unpaired) electrons. The predicted octanol–water partition coefficient (Wildman–Crippen LogP) is 6.21. The van der Waals surface area contributed by atoms with Gasteiger partial charge in [-0.2, -0.15) is 0 Å². The Labute approximate surface area is 182 Å². The van der Waals surface area contributed by atoms with Gasteiger partial charge in [0.2, 0.25) is 5.43 Å².